The molecule has 1 aromatic carbocycles. The van der Waals surface area contributed by atoms with E-state index in [-0.39, 0.29) is 23.1 Å². The first-order chi connectivity index (χ1) is 11.0. The van der Waals surface area contributed by atoms with Crippen LogP contribution < -0.4 is 5.56 Å². The highest BCUT2D eigenvalue weighted by Gasteiger charge is 2.32. The molecule has 1 aliphatic rings. The van der Waals surface area contributed by atoms with Gasteiger partial charge in [-0.15, -0.1) is 0 Å². The van der Waals surface area contributed by atoms with E-state index in [0.29, 0.717) is 0 Å². The molecule has 120 valence electrons. The summed E-state index contributed by atoms with van der Waals surface area (Å²) in [7, 11) is 0. The molecule has 0 saturated heterocycles. The van der Waals surface area contributed by atoms with Crippen LogP contribution in [0.15, 0.2) is 41.2 Å². The monoisotopic (exact) mass is 311 g/mol. The summed E-state index contributed by atoms with van der Waals surface area (Å²) >= 11 is 0. The topological polar surface area (TPSA) is 59.2 Å². The lowest BCUT2D eigenvalue weighted by atomic mass is 9.95. The Morgan fingerprint density at radius 2 is 1.83 bits per heavy atom. The molecule has 0 bridgehead atoms. The van der Waals surface area contributed by atoms with Crippen LogP contribution in [0.3, 0.4) is 0 Å². The van der Waals surface area contributed by atoms with Crippen molar-refractivity contribution in [2.45, 2.75) is 45.1 Å². The van der Waals surface area contributed by atoms with Gasteiger partial charge in [-0.25, -0.2) is 4.79 Å². The van der Waals surface area contributed by atoms with Crippen molar-refractivity contribution in [2.24, 2.45) is 0 Å². The zero-order valence-corrected chi connectivity index (χ0v) is 13.5. The molecule has 1 N–H and O–H groups in total. The third-order valence-electron chi connectivity index (χ3n) is 4.49. The number of benzene rings is 1. The maximum atomic E-state index is 12.3. The van der Waals surface area contributed by atoms with Crippen molar-refractivity contribution in [1.29, 1.82) is 0 Å². The van der Waals surface area contributed by atoms with Crippen molar-refractivity contribution in [1.82, 2.24) is 4.98 Å². The predicted octanol–water partition coefficient (Wildman–Crippen LogP) is 3.48. The van der Waals surface area contributed by atoms with Crippen LogP contribution in [0.25, 0.3) is 0 Å². The maximum Gasteiger partial charge on any atom is 0.344 e. The molecule has 2 aromatic rings. The van der Waals surface area contributed by atoms with Gasteiger partial charge in [0.15, 0.2) is 0 Å². The van der Waals surface area contributed by atoms with Gasteiger partial charge in [0.25, 0.3) is 5.56 Å². The first kappa shape index (κ1) is 15.5. The van der Waals surface area contributed by atoms with Gasteiger partial charge in [-0.05, 0) is 50.8 Å². The number of ether oxygens (including phenoxy) is 1. The summed E-state index contributed by atoms with van der Waals surface area (Å²) in [5.74, 6) is -0.320. The van der Waals surface area contributed by atoms with Gasteiger partial charge in [-0.2, -0.15) is 0 Å². The highest BCUT2D eigenvalue weighted by Crippen LogP contribution is 2.37. The van der Waals surface area contributed by atoms with E-state index in [0.717, 1.165) is 25.0 Å². The normalized spacial score (nSPS) is 20.4. The van der Waals surface area contributed by atoms with Crippen LogP contribution in [0.5, 0.6) is 0 Å². The maximum absolute atomic E-state index is 12.3. The molecular weight excluding hydrogens is 290 g/mol. The van der Waals surface area contributed by atoms with Crippen LogP contribution in [0.4, 0.5) is 0 Å². The molecule has 1 heterocycles. The zero-order valence-electron chi connectivity index (χ0n) is 13.5. The molecule has 1 saturated carbocycles. The summed E-state index contributed by atoms with van der Waals surface area (Å²) in [5, 5.41) is 0. The second kappa shape index (κ2) is 6.41. The molecule has 3 rings (SSSR count). The fourth-order valence-electron chi connectivity index (χ4n) is 3.20. The van der Waals surface area contributed by atoms with E-state index in [9.17, 15) is 9.59 Å². The standard InChI is InChI=1S/C19H21NO3/c1-12-6-9-14(10-7-12)15-4-3-5-17(15)23-19(22)16-11-8-13(2)20-18(16)21/h6-11,15,17H,3-5H2,1-2H3,(H,20,21). The Labute approximate surface area is 135 Å². The Hall–Kier alpha value is -2.36. The summed E-state index contributed by atoms with van der Waals surface area (Å²) in [6.45, 7) is 3.83. The highest BCUT2D eigenvalue weighted by molar-refractivity contribution is 5.89. The summed E-state index contributed by atoms with van der Waals surface area (Å²) < 4.78 is 5.66. The molecule has 1 fully saturated rings. The number of carbonyl (C=O) groups excluding carboxylic acids is 1. The molecule has 23 heavy (non-hydrogen) atoms. The number of aryl methyl sites for hydroxylation is 2. The third-order valence-corrected chi connectivity index (χ3v) is 4.49. The minimum absolute atomic E-state index is 0.0742. The second-order valence-electron chi connectivity index (χ2n) is 6.28. The van der Waals surface area contributed by atoms with Gasteiger partial charge in [-0.1, -0.05) is 29.8 Å². The van der Waals surface area contributed by atoms with Gasteiger partial charge < -0.3 is 9.72 Å². The lowest BCUT2D eigenvalue weighted by Crippen LogP contribution is -2.26. The Bertz CT molecular complexity index is 761. The number of hydrogen-bond donors (Lipinski definition) is 1. The summed E-state index contributed by atoms with van der Waals surface area (Å²) in [6, 6.07) is 11.6. The van der Waals surface area contributed by atoms with Gasteiger partial charge in [0.1, 0.15) is 11.7 Å². The number of esters is 1. The second-order valence-corrected chi connectivity index (χ2v) is 6.28. The van der Waals surface area contributed by atoms with Crippen molar-refractivity contribution in [3.05, 3.63) is 69.1 Å². The molecular formula is C19H21NO3. The van der Waals surface area contributed by atoms with Crippen LogP contribution >= 0.6 is 0 Å². The van der Waals surface area contributed by atoms with E-state index in [4.69, 9.17) is 4.74 Å². The highest BCUT2D eigenvalue weighted by atomic mass is 16.5. The van der Waals surface area contributed by atoms with E-state index in [2.05, 4.69) is 36.2 Å². The number of carbonyl (C=O) groups is 1. The summed E-state index contributed by atoms with van der Waals surface area (Å²) in [5.41, 5.74) is 2.82. The molecule has 0 aliphatic heterocycles. The number of hydrogen-bond acceptors (Lipinski definition) is 3. The molecule has 0 radical (unpaired) electrons. The van der Waals surface area contributed by atoms with Gasteiger partial charge in [0, 0.05) is 11.6 Å². The number of nitrogens with one attached hydrogen (secondary N) is 1. The van der Waals surface area contributed by atoms with Crippen LogP contribution in [0.2, 0.25) is 0 Å². The van der Waals surface area contributed by atoms with E-state index in [1.165, 1.54) is 17.2 Å². The molecule has 4 heteroatoms. The Balaban J connectivity index is 1.77. The van der Waals surface area contributed by atoms with Crippen molar-refractivity contribution in [2.75, 3.05) is 0 Å². The van der Waals surface area contributed by atoms with E-state index >= 15 is 0 Å². The number of pyridine rings is 1. The Morgan fingerprint density at radius 1 is 1.09 bits per heavy atom. The van der Waals surface area contributed by atoms with E-state index in [1.807, 2.05) is 0 Å². The minimum atomic E-state index is -0.532. The van der Waals surface area contributed by atoms with Crippen LogP contribution in [0, 0.1) is 13.8 Å². The van der Waals surface area contributed by atoms with Crippen LogP contribution in [-0.2, 0) is 4.74 Å². The lowest BCUT2D eigenvalue weighted by Gasteiger charge is -2.20. The predicted molar refractivity (Wildman–Crippen MR) is 88.8 cm³/mol. The molecule has 0 spiro atoms. The number of H-pyrrole nitrogens is 1. The Kier molecular flexibility index (Phi) is 4.33. The van der Waals surface area contributed by atoms with Gasteiger partial charge in [-0.3, -0.25) is 4.79 Å². The molecule has 2 unspecified atom stereocenters. The van der Waals surface area contributed by atoms with Gasteiger partial charge >= 0.3 is 5.97 Å². The number of aromatic nitrogens is 1. The third kappa shape index (κ3) is 3.36. The van der Waals surface area contributed by atoms with Crippen LogP contribution in [-0.4, -0.2) is 17.1 Å². The quantitative estimate of drug-likeness (QED) is 0.883. The lowest BCUT2D eigenvalue weighted by molar-refractivity contribution is 0.0277. The average Bonchev–Trinajstić information content (AvgIpc) is 2.96. The largest absolute Gasteiger partial charge is 0.458 e. The van der Waals surface area contributed by atoms with E-state index < -0.39 is 5.97 Å². The van der Waals surface area contributed by atoms with Crippen molar-refractivity contribution < 1.29 is 9.53 Å². The molecule has 1 aromatic heterocycles. The average molecular weight is 311 g/mol. The van der Waals surface area contributed by atoms with Crippen molar-refractivity contribution >= 4 is 5.97 Å². The molecule has 4 nitrogen and oxygen atoms in total. The van der Waals surface area contributed by atoms with Crippen molar-refractivity contribution in [3.8, 4) is 0 Å². The fourth-order valence-corrected chi connectivity index (χ4v) is 3.20. The summed E-state index contributed by atoms with van der Waals surface area (Å²) in [4.78, 5) is 26.8. The Morgan fingerprint density at radius 3 is 2.52 bits per heavy atom. The van der Waals surface area contributed by atoms with Crippen molar-refractivity contribution in [3.63, 3.8) is 0 Å². The minimum Gasteiger partial charge on any atom is -0.458 e. The first-order valence-electron chi connectivity index (χ1n) is 8.02. The van der Waals surface area contributed by atoms with Gasteiger partial charge in [0.2, 0.25) is 0 Å². The SMILES string of the molecule is Cc1ccc(C2CCCC2OC(=O)c2ccc(C)[nH]c2=O)cc1. The van der Waals surface area contributed by atoms with Crippen LogP contribution in [0.1, 0.15) is 52.4 Å². The number of rotatable bonds is 3. The van der Waals surface area contributed by atoms with E-state index in [1.54, 1.807) is 13.0 Å². The fraction of sp³-hybridized carbons (Fsp3) is 0.368. The summed E-state index contributed by atoms with van der Waals surface area (Å²) in [6.07, 6.45) is 2.71. The first-order valence-corrected chi connectivity index (χ1v) is 8.02. The smallest absolute Gasteiger partial charge is 0.344 e. The molecule has 1 aliphatic carbocycles. The number of aromatic amines is 1. The van der Waals surface area contributed by atoms with Gasteiger partial charge in [0.05, 0.1) is 0 Å². The zero-order chi connectivity index (χ0) is 16.4. The molecule has 0 amide bonds. The molecule has 2 atom stereocenters.